The number of carbonyl (C=O) groups excluding carboxylic acids is 1. The summed E-state index contributed by atoms with van der Waals surface area (Å²) in [7, 11) is 0.119. The maximum atomic E-state index is 14.3. The van der Waals surface area contributed by atoms with Gasteiger partial charge in [-0.3, -0.25) is 4.79 Å². The standard InChI is InChI=1S/C34H45N3O5S2/c1-23-18-28(16-17-31(23)41-2)26-12-10-25(11-13-26)22-37(30-7-5-6-29(19-30)32-21-35-34(42-3)43-32)33(38)27-14-8-24(9-15-27)20-36-44(4,39)40/h5-7,16-19,21,24-27,36H,8-15,20,22H2,1-4H3/t24-,25-,26-,27-. The molecular formula is C34H45N3O5S2. The normalized spacial score (nSPS) is 22.4. The molecule has 2 aliphatic carbocycles. The van der Waals surface area contributed by atoms with E-state index < -0.39 is 10.0 Å². The number of benzene rings is 2. The number of carbonyl (C=O) groups is 1. The molecule has 3 aromatic rings. The van der Waals surface area contributed by atoms with Crippen LogP contribution in [-0.4, -0.2) is 52.9 Å². The Morgan fingerprint density at radius 1 is 0.977 bits per heavy atom. The van der Waals surface area contributed by atoms with Gasteiger partial charge in [-0.15, -0.1) is 0 Å². The van der Waals surface area contributed by atoms with E-state index in [0.717, 1.165) is 73.2 Å². The van der Waals surface area contributed by atoms with Gasteiger partial charge >= 0.3 is 0 Å². The third kappa shape index (κ3) is 8.20. The Balaban J connectivity index is 1.30. The second kappa shape index (κ2) is 14.4. The molecule has 2 aromatic carbocycles. The highest BCUT2D eigenvalue weighted by molar-refractivity contribution is 7.88. The molecule has 2 saturated carbocycles. The predicted molar refractivity (Wildman–Crippen MR) is 177 cm³/mol. The summed E-state index contributed by atoms with van der Waals surface area (Å²) in [5, 5.41) is 0.615. The molecule has 0 spiro atoms. The van der Waals surface area contributed by atoms with Crippen molar-refractivity contribution in [1.82, 2.24) is 9.71 Å². The van der Waals surface area contributed by atoms with Crippen molar-refractivity contribution in [2.75, 3.05) is 38.5 Å². The fourth-order valence-corrected chi connectivity index (χ4v) is 8.10. The molecule has 2 aliphatic rings. The minimum atomic E-state index is -3.22. The van der Waals surface area contributed by atoms with Gasteiger partial charge in [-0.1, -0.05) is 35.6 Å². The fraction of sp³-hybridized carbons (Fsp3) is 0.529. The molecule has 8 nitrogen and oxygen atoms in total. The lowest BCUT2D eigenvalue weighted by Gasteiger charge is -2.36. The first-order valence-corrected chi connectivity index (χ1v) is 18.3. The molecule has 0 radical (unpaired) electrons. The van der Waals surface area contributed by atoms with Crippen LogP contribution in [-0.2, 0) is 14.8 Å². The number of aromatic nitrogens is 1. The lowest BCUT2D eigenvalue weighted by atomic mass is 9.77. The zero-order valence-electron chi connectivity index (χ0n) is 26.3. The summed E-state index contributed by atoms with van der Waals surface area (Å²) in [6.45, 7) is 3.25. The van der Waals surface area contributed by atoms with Crippen LogP contribution in [0, 0.1) is 24.7 Å². The van der Waals surface area contributed by atoms with E-state index in [1.807, 2.05) is 23.2 Å². The molecule has 0 unspecified atom stereocenters. The smallest absolute Gasteiger partial charge is 0.273 e. The van der Waals surface area contributed by atoms with Crippen molar-refractivity contribution in [1.29, 1.82) is 0 Å². The third-order valence-electron chi connectivity index (χ3n) is 9.38. The van der Waals surface area contributed by atoms with Gasteiger partial charge in [0.25, 0.3) is 5.19 Å². The van der Waals surface area contributed by atoms with E-state index >= 15 is 0 Å². The first-order chi connectivity index (χ1) is 21.1. The zero-order chi connectivity index (χ0) is 31.3. The summed E-state index contributed by atoms with van der Waals surface area (Å²) in [6.07, 6.45) is 10.6. The third-order valence-corrected chi connectivity index (χ3v) is 11.1. The fourth-order valence-electron chi connectivity index (χ4n) is 6.83. The minimum absolute atomic E-state index is 0.0600. The highest BCUT2D eigenvalue weighted by Crippen LogP contribution is 2.40. The maximum Gasteiger partial charge on any atom is 0.273 e. The second-order valence-electron chi connectivity index (χ2n) is 12.5. The summed E-state index contributed by atoms with van der Waals surface area (Å²) >= 11 is 1.49. The van der Waals surface area contributed by atoms with Crippen molar-refractivity contribution >= 4 is 33.0 Å². The number of amides is 1. The van der Waals surface area contributed by atoms with Crippen LogP contribution in [0.15, 0.2) is 48.7 Å². The van der Waals surface area contributed by atoms with Crippen LogP contribution in [0.4, 0.5) is 5.69 Å². The summed E-state index contributed by atoms with van der Waals surface area (Å²) in [6, 6.07) is 14.8. The number of methoxy groups -OCH3 is 2. The molecule has 10 heteroatoms. The number of anilines is 1. The number of rotatable bonds is 11. The number of ether oxygens (including phenoxy) is 2. The number of nitrogens with zero attached hydrogens (tertiary/aromatic N) is 2. The van der Waals surface area contributed by atoms with Gasteiger partial charge in [0.1, 0.15) is 5.75 Å². The van der Waals surface area contributed by atoms with Crippen molar-refractivity contribution in [2.24, 2.45) is 17.8 Å². The number of hydrogen-bond acceptors (Lipinski definition) is 7. The Morgan fingerprint density at radius 3 is 2.34 bits per heavy atom. The summed E-state index contributed by atoms with van der Waals surface area (Å²) in [4.78, 5) is 21.6. The van der Waals surface area contributed by atoms with E-state index in [9.17, 15) is 13.2 Å². The molecule has 1 amide bonds. The number of thiazole rings is 1. The molecule has 0 atom stereocenters. The molecular weight excluding hydrogens is 595 g/mol. The van der Waals surface area contributed by atoms with Gasteiger partial charge in [-0.25, -0.2) is 18.1 Å². The van der Waals surface area contributed by atoms with Crippen molar-refractivity contribution in [2.45, 2.75) is 64.2 Å². The van der Waals surface area contributed by atoms with Crippen molar-refractivity contribution in [3.63, 3.8) is 0 Å². The molecule has 238 valence electrons. The summed E-state index contributed by atoms with van der Waals surface area (Å²) in [5.41, 5.74) is 4.50. The number of aryl methyl sites for hydroxylation is 1. The zero-order valence-corrected chi connectivity index (χ0v) is 27.9. The average Bonchev–Trinajstić information content (AvgIpc) is 3.52. The van der Waals surface area contributed by atoms with E-state index in [0.29, 0.717) is 30.1 Å². The van der Waals surface area contributed by atoms with Crippen molar-refractivity contribution < 1.29 is 22.7 Å². The SMILES string of the molecule is COc1ncc(-c2cccc(N(C[C@H]3CC[C@H](c4ccc(OC)c(C)c4)CC3)C(=O)[C@H]3CC[C@H](CNS(C)(=O)=O)CC3)c2)s1. The molecule has 0 aliphatic heterocycles. The summed E-state index contributed by atoms with van der Waals surface area (Å²) in [5.74, 6) is 2.28. The number of nitrogens with one attached hydrogen (secondary N) is 1. The first kappa shape index (κ1) is 32.4. The van der Waals surface area contributed by atoms with Crippen LogP contribution < -0.4 is 19.1 Å². The number of sulfonamides is 1. The Bertz CT molecular complexity index is 1520. The Morgan fingerprint density at radius 2 is 1.70 bits per heavy atom. The number of hydrogen-bond donors (Lipinski definition) is 1. The van der Waals surface area contributed by atoms with Crippen LogP contribution in [0.25, 0.3) is 10.4 Å². The van der Waals surface area contributed by atoms with Gasteiger partial charge in [0.05, 0.1) is 25.4 Å². The largest absolute Gasteiger partial charge is 0.496 e. The minimum Gasteiger partial charge on any atom is -0.496 e. The van der Waals surface area contributed by atoms with Crippen molar-refractivity contribution in [3.05, 3.63) is 59.8 Å². The average molecular weight is 640 g/mol. The van der Waals surface area contributed by atoms with E-state index in [4.69, 9.17) is 9.47 Å². The van der Waals surface area contributed by atoms with Crippen LogP contribution in [0.3, 0.4) is 0 Å². The van der Waals surface area contributed by atoms with Gasteiger partial charge in [0, 0.05) is 30.9 Å². The Labute approximate surface area is 266 Å². The quantitative estimate of drug-likeness (QED) is 0.248. The van der Waals surface area contributed by atoms with Gasteiger partial charge < -0.3 is 14.4 Å². The van der Waals surface area contributed by atoms with E-state index in [1.54, 1.807) is 14.2 Å². The molecule has 0 bridgehead atoms. The Hall–Kier alpha value is -2.95. The van der Waals surface area contributed by atoms with E-state index in [1.165, 1.54) is 28.7 Å². The molecule has 0 saturated heterocycles. The van der Waals surface area contributed by atoms with Gasteiger partial charge in [-0.2, -0.15) is 0 Å². The summed E-state index contributed by atoms with van der Waals surface area (Å²) < 4.78 is 36.6. The van der Waals surface area contributed by atoms with Gasteiger partial charge in [-0.05, 0) is 111 Å². The molecule has 2 fully saturated rings. The highest BCUT2D eigenvalue weighted by atomic mass is 32.2. The Kier molecular flexibility index (Phi) is 10.6. The van der Waals surface area contributed by atoms with Crippen LogP contribution in [0.2, 0.25) is 0 Å². The lowest BCUT2D eigenvalue weighted by Crippen LogP contribution is -2.42. The molecule has 44 heavy (non-hydrogen) atoms. The first-order valence-electron chi connectivity index (χ1n) is 15.6. The monoisotopic (exact) mass is 639 g/mol. The molecule has 1 N–H and O–H groups in total. The van der Waals surface area contributed by atoms with Crippen LogP contribution in [0.1, 0.15) is 68.4 Å². The van der Waals surface area contributed by atoms with E-state index in [2.05, 4.69) is 47.0 Å². The second-order valence-corrected chi connectivity index (χ2v) is 15.3. The highest BCUT2D eigenvalue weighted by Gasteiger charge is 2.33. The van der Waals surface area contributed by atoms with E-state index in [-0.39, 0.29) is 17.7 Å². The molecule has 1 heterocycles. The topological polar surface area (TPSA) is 97.8 Å². The predicted octanol–water partition coefficient (Wildman–Crippen LogP) is 6.80. The van der Waals surface area contributed by atoms with Crippen LogP contribution >= 0.6 is 11.3 Å². The van der Waals surface area contributed by atoms with Gasteiger partial charge in [0.15, 0.2) is 0 Å². The van der Waals surface area contributed by atoms with Crippen LogP contribution in [0.5, 0.6) is 10.9 Å². The molecule has 5 rings (SSSR count). The maximum absolute atomic E-state index is 14.3. The lowest BCUT2D eigenvalue weighted by molar-refractivity contribution is -0.123. The van der Waals surface area contributed by atoms with Gasteiger partial charge in [0.2, 0.25) is 15.9 Å². The van der Waals surface area contributed by atoms with Crippen molar-refractivity contribution in [3.8, 4) is 21.4 Å². The molecule has 1 aromatic heterocycles.